The molecule has 0 aliphatic heterocycles. The van der Waals surface area contributed by atoms with E-state index in [1.54, 1.807) is 18.5 Å². The molecule has 0 spiro atoms. The lowest BCUT2D eigenvalue weighted by Gasteiger charge is -2.16. The van der Waals surface area contributed by atoms with Gasteiger partial charge < -0.3 is 10.1 Å². The molecule has 1 N–H and O–H groups in total. The van der Waals surface area contributed by atoms with Gasteiger partial charge in [0, 0.05) is 23.5 Å². The van der Waals surface area contributed by atoms with Crippen LogP contribution in [0, 0.1) is 6.92 Å². The first-order valence-electron chi connectivity index (χ1n) is 8.48. The molecule has 26 heavy (non-hydrogen) atoms. The highest BCUT2D eigenvalue weighted by Gasteiger charge is 2.15. The molecule has 1 unspecified atom stereocenters. The van der Waals surface area contributed by atoms with Gasteiger partial charge in [0.1, 0.15) is 18.7 Å². The van der Waals surface area contributed by atoms with E-state index in [9.17, 15) is 4.79 Å². The summed E-state index contributed by atoms with van der Waals surface area (Å²) in [5.74, 6) is 0.642. The number of hydrogen-bond donors (Lipinski definition) is 1. The number of nitrogens with one attached hydrogen (secondary N) is 1. The summed E-state index contributed by atoms with van der Waals surface area (Å²) in [4.78, 5) is 20.8. The van der Waals surface area contributed by atoms with E-state index in [1.165, 1.54) is 11.9 Å². The fourth-order valence-electron chi connectivity index (χ4n) is 2.57. The molecule has 0 bridgehead atoms. The summed E-state index contributed by atoms with van der Waals surface area (Å²) in [6.07, 6.45) is 4.86. The first-order valence-corrected chi connectivity index (χ1v) is 8.48. The fraction of sp³-hybridized carbons (Fsp3) is 0.190. The first-order chi connectivity index (χ1) is 12.6. The molecule has 0 fully saturated rings. The molecule has 0 aliphatic rings. The molecule has 3 aromatic rings. The van der Waals surface area contributed by atoms with Crippen molar-refractivity contribution in [2.45, 2.75) is 19.9 Å². The number of rotatable bonds is 6. The monoisotopic (exact) mass is 347 g/mol. The topological polar surface area (TPSA) is 64.1 Å². The number of nitrogens with zero attached hydrogens (tertiary/aromatic N) is 2. The van der Waals surface area contributed by atoms with Gasteiger partial charge in [-0.25, -0.2) is 9.97 Å². The van der Waals surface area contributed by atoms with E-state index in [4.69, 9.17) is 4.74 Å². The van der Waals surface area contributed by atoms with Crippen LogP contribution in [0.15, 0.2) is 67.3 Å². The number of ether oxygens (including phenoxy) is 1. The van der Waals surface area contributed by atoms with Gasteiger partial charge in [-0.05, 0) is 37.6 Å². The second-order valence-corrected chi connectivity index (χ2v) is 6.17. The minimum Gasteiger partial charge on any atom is -0.491 e. The highest BCUT2D eigenvalue weighted by atomic mass is 16.5. The van der Waals surface area contributed by atoms with Gasteiger partial charge in [-0.3, -0.25) is 4.79 Å². The lowest BCUT2D eigenvalue weighted by atomic mass is 10.0. The van der Waals surface area contributed by atoms with Crippen LogP contribution in [0.5, 0.6) is 5.75 Å². The molecule has 0 aliphatic carbocycles. The summed E-state index contributed by atoms with van der Waals surface area (Å²) in [6, 6.07) is 15.1. The Morgan fingerprint density at radius 2 is 1.77 bits per heavy atom. The third-order valence-corrected chi connectivity index (χ3v) is 3.94. The molecular formula is C21H21N3O2. The van der Waals surface area contributed by atoms with Crippen LogP contribution in [0.1, 0.15) is 22.8 Å². The summed E-state index contributed by atoms with van der Waals surface area (Å²) in [6.45, 7) is 4.34. The summed E-state index contributed by atoms with van der Waals surface area (Å²) >= 11 is 0. The highest BCUT2D eigenvalue weighted by Crippen LogP contribution is 2.22. The van der Waals surface area contributed by atoms with Gasteiger partial charge in [-0.15, -0.1) is 0 Å². The van der Waals surface area contributed by atoms with Crippen LogP contribution < -0.4 is 10.1 Å². The van der Waals surface area contributed by atoms with Crippen LogP contribution in [-0.2, 0) is 0 Å². The number of aryl methyl sites for hydroxylation is 1. The number of benzene rings is 2. The maximum atomic E-state index is 12.7. The summed E-state index contributed by atoms with van der Waals surface area (Å²) in [7, 11) is 0. The lowest BCUT2D eigenvalue weighted by Crippen LogP contribution is -2.37. The normalized spacial score (nSPS) is 11.6. The molecular weight excluding hydrogens is 326 g/mol. The van der Waals surface area contributed by atoms with Crippen molar-refractivity contribution in [2.24, 2.45) is 0 Å². The first kappa shape index (κ1) is 17.6. The molecule has 3 rings (SSSR count). The van der Waals surface area contributed by atoms with E-state index in [-0.39, 0.29) is 11.9 Å². The van der Waals surface area contributed by atoms with Crippen LogP contribution in [-0.4, -0.2) is 28.5 Å². The molecule has 5 nitrogen and oxygen atoms in total. The van der Waals surface area contributed by atoms with E-state index in [0.29, 0.717) is 12.2 Å². The van der Waals surface area contributed by atoms with Crippen LogP contribution in [0.2, 0.25) is 0 Å². The zero-order valence-electron chi connectivity index (χ0n) is 14.8. The SMILES string of the molecule is Cc1ccc(OCC(C)NC(=O)c2ccccc2-c2cncnc2)cc1. The Labute approximate surface area is 153 Å². The van der Waals surface area contributed by atoms with Gasteiger partial charge in [0.05, 0.1) is 6.04 Å². The van der Waals surface area contributed by atoms with Crippen LogP contribution in [0.25, 0.3) is 11.1 Å². The van der Waals surface area contributed by atoms with Crippen molar-refractivity contribution in [1.82, 2.24) is 15.3 Å². The number of aromatic nitrogens is 2. The van der Waals surface area contributed by atoms with E-state index >= 15 is 0 Å². The maximum Gasteiger partial charge on any atom is 0.252 e. The summed E-state index contributed by atoms with van der Waals surface area (Å²) < 4.78 is 5.74. The van der Waals surface area contributed by atoms with Gasteiger partial charge in [0.25, 0.3) is 5.91 Å². The Kier molecular flexibility index (Phi) is 5.59. The van der Waals surface area contributed by atoms with Gasteiger partial charge in [-0.2, -0.15) is 0 Å². The van der Waals surface area contributed by atoms with Crippen molar-refractivity contribution in [3.63, 3.8) is 0 Å². The highest BCUT2D eigenvalue weighted by molar-refractivity contribution is 6.00. The third kappa shape index (κ3) is 4.45. The molecule has 1 heterocycles. The van der Waals surface area contributed by atoms with E-state index in [0.717, 1.165) is 16.9 Å². The van der Waals surface area contributed by atoms with E-state index in [1.807, 2.05) is 56.3 Å². The van der Waals surface area contributed by atoms with Crippen molar-refractivity contribution in [2.75, 3.05) is 6.61 Å². The molecule has 0 radical (unpaired) electrons. The molecule has 1 aromatic heterocycles. The smallest absolute Gasteiger partial charge is 0.252 e. The minimum absolute atomic E-state index is 0.135. The maximum absolute atomic E-state index is 12.7. The summed E-state index contributed by atoms with van der Waals surface area (Å²) in [5, 5.41) is 2.98. The Balaban J connectivity index is 1.65. The van der Waals surface area contributed by atoms with Crippen LogP contribution in [0.4, 0.5) is 0 Å². The third-order valence-electron chi connectivity index (χ3n) is 3.94. The van der Waals surface area contributed by atoms with Gasteiger partial charge in [-0.1, -0.05) is 35.9 Å². The average Bonchev–Trinajstić information content (AvgIpc) is 2.68. The zero-order valence-corrected chi connectivity index (χ0v) is 14.8. The predicted octanol–water partition coefficient (Wildman–Crippen LogP) is 3.65. The standard InChI is InChI=1S/C21H21N3O2/c1-15-7-9-18(10-8-15)26-13-16(2)24-21(25)20-6-4-3-5-19(20)17-11-22-14-23-12-17/h3-12,14,16H,13H2,1-2H3,(H,24,25). The molecule has 2 aromatic carbocycles. The van der Waals surface area contributed by atoms with Crippen molar-refractivity contribution in [3.05, 3.63) is 78.4 Å². The number of amides is 1. The van der Waals surface area contributed by atoms with Crippen LogP contribution in [0.3, 0.4) is 0 Å². The average molecular weight is 347 g/mol. The van der Waals surface area contributed by atoms with E-state index in [2.05, 4.69) is 15.3 Å². The molecule has 0 saturated heterocycles. The minimum atomic E-state index is -0.149. The van der Waals surface area contributed by atoms with Gasteiger partial charge >= 0.3 is 0 Å². The van der Waals surface area contributed by atoms with Crippen molar-refractivity contribution >= 4 is 5.91 Å². The quantitative estimate of drug-likeness (QED) is 0.739. The van der Waals surface area contributed by atoms with Crippen molar-refractivity contribution in [3.8, 4) is 16.9 Å². The van der Waals surface area contributed by atoms with Crippen molar-refractivity contribution in [1.29, 1.82) is 0 Å². The Hall–Kier alpha value is -3.21. The molecule has 1 atom stereocenters. The second-order valence-electron chi connectivity index (χ2n) is 6.17. The van der Waals surface area contributed by atoms with Gasteiger partial charge in [0.2, 0.25) is 0 Å². The molecule has 1 amide bonds. The number of hydrogen-bond acceptors (Lipinski definition) is 4. The van der Waals surface area contributed by atoms with Crippen molar-refractivity contribution < 1.29 is 9.53 Å². The lowest BCUT2D eigenvalue weighted by molar-refractivity contribution is 0.0927. The van der Waals surface area contributed by atoms with Crippen LogP contribution >= 0.6 is 0 Å². The largest absolute Gasteiger partial charge is 0.491 e. The Morgan fingerprint density at radius 3 is 2.50 bits per heavy atom. The fourth-order valence-corrected chi connectivity index (χ4v) is 2.57. The number of carbonyl (C=O) groups is 1. The molecule has 0 saturated carbocycles. The second kappa shape index (κ2) is 8.25. The van der Waals surface area contributed by atoms with E-state index < -0.39 is 0 Å². The zero-order chi connectivity index (χ0) is 18.4. The van der Waals surface area contributed by atoms with Gasteiger partial charge in [0.15, 0.2) is 0 Å². The number of carbonyl (C=O) groups excluding carboxylic acids is 1. The Morgan fingerprint density at radius 1 is 1.08 bits per heavy atom. The summed E-state index contributed by atoms with van der Waals surface area (Å²) in [5.41, 5.74) is 3.38. The predicted molar refractivity (Wildman–Crippen MR) is 101 cm³/mol. The molecule has 5 heteroatoms. The Bertz CT molecular complexity index is 864. The molecule has 132 valence electrons.